The minimum absolute atomic E-state index is 0.305. The third-order valence-electron chi connectivity index (χ3n) is 3.49. The second-order valence-electron chi connectivity index (χ2n) is 4.93. The number of halogens is 2. The smallest absolute Gasteiger partial charge is 0.140 e. The highest BCUT2D eigenvalue weighted by Crippen LogP contribution is 2.22. The van der Waals surface area contributed by atoms with Crippen LogP contribution in [0.1, 0.15) is 11.1 Å². The number of hydrogen-bond donors (Lipinski definition) is 1. The van der Waals surface area contributed by atoms with E-state index in [-0.39, 0.29) is 5.82 Å². The average Bonchev–Trinajstić information content (AvgIpc) is 2.81. The second kappa shape index (κ2) is 5.84. The number of rotatable bonds is 4. The minimum Gasteiger partial charge on any atom is -0.330 e. The zero-order chi connectivity index (χ0) is 14.8. The number of benzene rings is 1. The van der Waals surface area contributed by atoms with Gasteiger partial charge in [-0.2, -0.15) is 0 Å². The van der Waals surface area contributed by atoms with Crippen LogP contribution in [0, 0.1) is 5.82 Å². The van der Waals surface area contributed by atoms with E-state index in [2.05, 4.69) is 4.98 Å². The SMILES string of the molecule is NCCc1cn(Cc2ccc(Cl)cc2F)c2ncccc12. The van der Waals surface area contributed by atoms with Crippen LogP contribution in [-0.4, -0.2) is 16.1 Å². The standard InChI is InChI=1S/C16H15ClFN3/c17-13-4-3-12(15(18)8-13)10-21-9-11(5-6-19)14-2-1-7-20-16(14)21/h1-4,7-9H,5-6,10,19H2. The largest absolute Gasteiger partial charge is 0.330 e. The normalized spacial score (nSPS) is 11.2. The van der Waals surface area contributed by atoms with E-state index in [1.54, 1.807) is 18.3 Å². The summed E-state index contributed by atoms with van der Waals surface area (Å²) in [6.07, 6.45) is 4.51. The molecule has 2 N–H and O–H groups in total. The lowest BCUT2D eigenvalue weighted by atomic mass is 10.2. The highest BCUT2D eigenvalue weighted by molar-refractivity contribution is 6.30. The molecule has 0 unspecified atom stereocenters. The lowest BCUT2D eigenvalue weighted by molar-refractivity contribution is 0.601. The molecule has 0 atom stereocenters. The van der Waals surface area contributed by atoms with Crippen molar-refractivity contribution in [3.63, 3.8) is 0 Å². The molecule has 1 aromatic carbocycles. The Morgan fingerprint density at radius 1 is 1.24 bits per heavy atom. The Morgan fingerprint density at radius 3 is 2.86 bits per heavy atom. The molecule has 0 saturated heterocycles. The predicted octanol–water partition coefficient (Wildman–Crippen LogP) is 3.38. The van der Waals surface area contributed by atoms with Crippen molar-refractivity contribution in [1.29, 1.82) is 0 Å². The monoisotopic (exact) mass is 303 g/mol. The molecule has 3 rings (SSSR count). The Labute approximate surface area is 127 Å². The second-order valence-corrected chi connectivity index (χ2v) is 5.37. The molecule has 0 aliphatic carbocycles. The minimum atomic E-state index is -0.305. The van der Waals surface area contributed by atoms with E-state index >= 15 is 0 Å². The average molecular weight is 304 g/mol. The number of nitrogens with two attached hydrogens (primary N) is 1. The van der Waals surface area contributed by atoms with Crippen molar-refractivity contribution >= 4 is 22.6 Å². The van der Waals surface area contributed by atoms with E-state index in [9.17, 15) is 4.39 Å². The summed E-state index contributed by atoms with van der Waals surface area (Å²) in [5.41, 5.74) is 8.21. The molecule has 0 radical (unpaired) electrons. The first-order valence-electron chi connectivity index (χ1n) is 6.76. The van der Waals surface area contributed by atoms with Gasteiger partial charge in [-0.15, -0.1) is 0 Å². The quantitative estimate of drug-likeness (QED) is 0.803. The Morgan fingerprint density at radius 2 is 2.10 bits per heavy atom. The van der Waals surface area contributed by atoms with Crippen molar-refractivity contribution < 1.29 is 4.39 Å². The van der Waals surface area contributed by atoms with Crippen LogP contribution >= 0.6 is 11.6 Å². The summed E-state index contributed by atoms with van der Waals surface area (Å²) in [5, 5.41) is 1.47. The van der Waals surface area contributed by atoms with Crippen LogP contribution in [-0.2, 0) is 13.0 Å². The molecular weight excluding hydrogens is 289 g/mol. The zero-order valence-corrected chi connectivity index (χ0v) is 12.1. The van der Waals surface area contributed by atoms with E-state index in [0.29, 0.717) is 23.7 Å². The fourth-order valence-corrected chi connectivity index (χ4v) is 2.66. The maximum Gasteiger partial charge on any atom is 0.140 e. The summed E-state index contributed by atoms with van der Waals surface area (Å²) in [5.74, 6) is -0.305. The van der Waals surface area contributed by atoms with Crippen LogP contribution < -0.4 is 5.73 Å². The van der Waals surface area contributed by atoms with Gasteiger partial charge < -0.3 is 10.3 Å². The molecule has 2 aromatic heterocycles. The summed E-state index contributed by atoms with van der Waals surface area (Å²) in [7, 11) is 0. The first-order chi connectivity index (χ1) is 10.2. The molecule has 5 heteroatoms. The van der Waals surface area contributed by atoms with Gasteiger partial charge in [-0.1, -0.05) is 17.7 Å². The number of hydrogen-bond acceptors (Lipinski definition) is 2. The molecule has 108 valence electrons. The van der Waals surface area contributed by atoms with Crippen molar-refractivity contribution in [1.82, 2.24) is 9.55 Å². The van der Waals surface area contributed by atoms with Crippen LogP contribution in [0.3, 0.4) is 0 Å². The lowest BCUT2D eigenvalue weighted by Gasteiger charge is -2.06. The Kier molecular flexibility index (Phi) is 3.90. The first kappa shape index (κ1) is 14.0. The lowest BCUT2D eigenvalue weighted by Crippen LogP contribution is -2.03. The highest BCUT2D eigenvalue weighted by atomic mass is 35.5. The summed E-state index contributed by atoms with van der Waals surface area (Å²) in [6, 6.07) is 8.64. The molecule has 0 aliphatic heterocycles. The molecule has 0 fully saturated rings. The molecular formula is C16H15ClFN3. The van der Waals surface area contributed by atoms with E-state index in [1.807, 2.05) is 22.9 Å². The summed E-state index contributed by atoms with van der Waals surface area (Å²) in [4.78, 5) is 4.40. The molecule has 21 heavy (non-hydrogen) atoms. The summed E-state index contributed by atoms with van der Waals surface area (Å²) >= 11 is 5.79. The first-order valence-corrected chi connectivity index (χ1v) is 7.13. The van der Waals surface area contributed by atoms with Gasteiger partial charge in [0.1, 0.15) is 11.5 Å². The molecule has 3 aromatic rings. The van der Waals surface area contributed by atoms with Gasteiger partial charge >= 0.3 is 0 Å². The molecule has 2 heterocycles. The predicted molar refractivity (Wildman–Crippen MR) is 83.0 cm³/mol. The zero-order valence-electron chi connectivity index (χ0n) is 11.4. The van der Waals surface area contributed by atoms with Gasteiger partial charge in [0.15, 0.2) is 0 Å². The van der Waals surface area contributed by atoms with Gasteiger partial charge in [-0.05, 0) is 42.8 Å². The highest BCUT2D eigenvalue weighted by Gasteiger charge is 2.11. The fraction of sp³-hybridized carbons (Fsp3) is 0.188. The Bertz CT molecular complexity index is 782. The maximum atomic E-state index is 14.0. The fourth-order valence-electron chi connectivity index (χ4n) is 2.50. The molecule has 0 saturated carbocycles. The molecule has 0 bridgehead atoms. The van der Waals surface area contributed by atoms with Crippen LogP contribution in [0.5, 0.6) is 0 Å². The van der Waals surface area contributed by atoms with Crippen LogP contribution in [0.4, 0.5) is 4.39 Å². The van der Waals surface area contributed by atoms with Gasteiger partial charge in [-0.3, -0.25) is 0 Å². The molecule has 3 nitrogen and oxygen atoms in total. The Balaban J connectivity index is 2.04. The van der Waals surface area contributed by atoms with Gasteiger partial charge in [-0.25, -0.2) is 9.37 Å². The summed E-state index contributed by atoms with van der Waals surface area (Å²) in [6.45, 7) is 0.990. The van der Waals surface area contributed by atoms with Crippen molar-refractivity contribution in [2.45, 2.75) is 13.0 Å². The van der Waals surface area contributed by atoms with Crippen molar-refractivity contribution in [2.75, 3.05) is 6.54 Å². The molecule has 0 aliphatic rings. The number of fused-ring (bicyclic) bond motifs is 1. The van der Waals surface area contributed by atoms with E-state index in [1.165, 1.54) is 6.07 Å². The van der Waals surface area contributed by atoms with E-state index in [0.717, 1.165) is 23.0 Å². The van der Waals surface area contributed by atoms with Gasteiger partial charge in [0.2, 0.25) is 0 Å². The molecule has 0 amide bonds. The van der Waals surface area contributed by atoms with Gasteiger partial charge in [0.25, 0.3) is 0 Å². The van der Waals surface area contributed by atoms with Crippen molar-refractivity contribution in [3.05, 3.63) is 64.7 Å². The van der Waals surface area contributed by atoms with E-state index < -0.39 is 0 Å². The number of pyridine rings is 1. The third kappa shape index (κ3) is 2.77. The van der Waals surface area contributed by atoms with E-state index in [4.69, 9.17) is 17.3 Å². The molecule has 0 spiro atoms. The topological polar surface area (TPSA) is 43.8 Å². The number of nitrogens with zero attached hydrogens (tertiary/aromatic N) is 2. The Hall–Kier alpha value is -1.91. The van der Waals surface area contributed by atoms with Crippen molar-refractivity contribution in [2.24, 2.45) is 5.73 Å². The summed E-state index contributed by atoms with van der Waals surface area (Å²) < 4.78 is 15.9. The van der Waals surface area contributed by atoms with Crippen LogP contribution in [0.2, 0.25) is 5.02 Å². The van der Waals surface area contributed by atoms with Gasteiger partial charge in [0.05, 0.1) is 6.54 Å². The van der Waals surface area contributed by atoms with Crippen LogP contribution in [0.25, 0.3) is 11.0 Å². The van der Waals surface area contributed by atoms with Crippen molar-refractivity contribution in [3.8, 4) is 0 Å². The van der Waals surface area contributed by atoms with Crippen LogP contribution in [0.15, 0.2) is 42.7 Å². The maximum absolute atomic E-state index is 14.0. The van der Waals surface area contributed by atoms with Gasteiger partial charge in [0, 0.05) is 28.4 Å². The number of aromatic nitrogens is 2. The third-order valence-corrected chi connectivity index (χ3v) is 3.72.